The minimum Gasteiger partial charge on any atom is -0.451 e. The zero-order chi connectivity index (χ0) is 20.5. The van der Waals surface area contributed by atoms with Crippen molar-refractivity contribution in [1.82, 2.24) is 0 Å². The average molecular weight is 407 g/mol. The number of hydrogen-bond donors (Lipinski definition) is 1. The molecule has 154 valence electrons. The molecule has 4 nitrogen and oxygen atoms in total. The predicted molar refractivity (Wildman–Crippen MR) is 108 cm³/mol. The average Bonchev–Trinajstić information content (AvgIpc) is 2.90. The highest BCUT2D eigenvalue weighted by molar-refractivity contribution is 6.32. The Balaban J connectivity index is 1.78. The third-order valence-corrected chi connectivity index (χ3v) is 9.02. The summed E-state index contributed by atoms with van der Waals surface area (Å²) in [6.07, 6.45) is 8.68. The van der Waals surface area contributed by atoms with Gasteiger partial charge in [0.25, 0.3) is 0 Å². The van der Waals surface area contributed by atoms with Gasteiger partial charge in [-0.05, 0) is 74.2 Å². The van der Waals surface area contributed by atoms with Gasteiger partial charge in [-0.25, -0.2) is 0 Å². The maximum Gasteiger partial charge on any atom is 0.303 e. The topological polar surface area (TPSA) is 63.6 Å². The number of esters is 1. The van der Waals surface area contributed by atoms with Crippen molar-refractivity contribution in [3.63, 3.8) is 0 Å². The lowest BCUT2D eigenvalue weighted by Gasteiger charge is -2.58. The van der Waals surface area contributed by atoms with Gasteiger partial charge in [0, 0.05) is 17.4 Å². The second kappa shape index (κ2) is 6.43. The van der Waals surface area contributed by atoms with Crippen LogP contribution >= 0.6 is 11.6 Å². The summed E-state index contributed by atoms with van der Waals surface area (Å²) in [5, 5.41) is 10.9. The van der Waals surface area contributed by atoms with Crippen LogP contribution in [0.5, 0.6) is 0 Å². The van der Waals surface area contributed by atoms with E-state index in [1.807, 2.05) is 6.08 Å². The molecule has 0 saturated heterocycles. The molecule has 0 aliphatic heterocycles. The number of aliphatic hydroxyl groups excluding tert-OH is 1. The van der Waals surface area contributed by atoms with Crippen LogP contribution in [0.3, 0.4) is 0 Å². The number of hydrogen-bond acceptors (Lipinski definition) is 4. The summed E-state index contributed by atoms with van der Waals surface area (Å²) in [7, 11) is 0. The molecule has 4 aliphatic rings. The fourth-order valence-electron chi connectivity index (χ4n) is 7.28. The molecule has 0 heterocycles. The van der Waals surface area contributed by atoms with E-state index in [-0.39, 0.29) is 34.4 Å². The Labute approximate surface area is 172 Å². The molecule has 1 N–H and O–H groups in total. The number of ketones is 1. The highest BCUT2D eigenvalue weighted by Crippen LogP contribution is 2.68. The van der Waals surface area contributed by atoms with Crippen molar-refractivity contribution >= 4 is 23.4 Å². The molecule has 4 rings (SSSR count). The van der Waals surface area contributed by atoms with Crippen molar-refractivity contribution in [2.24, 2.45) is 28.6 Å². The molecule has 5 heteroatoms. The maximum absolute atomic E-state index is 12.8. The molecule has 28 heavy (non-hydrogen) atoms. The largest absolute Gasteiger partial charge is 0.451 e. The number of rotatable bonds is 2. The summed E-state index contributed by atoms with van der Waals surface area (Å²) in [5.74, 6) is 0.542. The number of halogens is 1. The molecule has 0 unspecified atom stereocenters. The van der Waals surface area contributed by atoms with Crippen LogP contribution in [0.1, 0.15) is 66.2 Å². The fraction of sp³-hybridized carbons (Fsp3) is 0.739. The molecular formula is C23H31ClO4. The highest BCUT2D eigenvalue weighted by Gasteiger charge is 2.67. The van der Waals surface area contributed by atoms with Crippen LogP contribution in [-0.4, -0.2) is 28.6 Å². The first-order valence-electron chi connectivity index (χ1n) is 10.5. The zero-order valence-corrected chi connectivity index (χ0v) is 18.0. The Kier molecular flexibility index (Phi) is 4.63. The quantitative estimate of drug-likeness (QED) is 0.683. The van der Waals surface area contributed by atoms with Gasteiger partial charge in [-0.1, -0.05) is 37.6 Å². The van der Waals surface area contributed by atoms with Crippen molar-refractivity contribution in [3.8, 4) is 0 Å². The Hall–Kier alpha value is -1.13. The van der Waals surface area contributed by atoms with E-state index < -0.39 is 11.7 Å². The minimum atomic E-state index is -1.02. The van der Waals surface area contributed by atoms with Crippen LogP contribution in [0.15, 0.2) is 22.8 Å². The monoisotopic (exact) mass is 406 g/mol. The van der Waals surface area contributed by atoms with Gasteiger partial charge in [-0.3, -0.25) is 9.59 Å². The molecule has 0 spiro atoms. The number of aliphatic hydroxyl groups is 1. The summed E-state index contributed by atoms with van der Waals surface area (Å²) < 4.78 is 5.80. The first-order valence-corrected chi connectivity index (χ1v) is 10.9. The molecule has 0 aromatic rings. The van der Waals surface area contributed by atoms with Crippen LogP contribution < -0.4 is 0 Å². The highest BCUT2D eigenvalue weighted by atomic mass is 35.5. The second-order valence-electron chi connectivity index (χ2n) is 9.88. The van der Waals surface area contributed by atoms with Gasteiger partial charge in [-0.2, -0.15) is 0 Å². The Morgan fingerprint density at radius 2 is 1.75 bits per heavy atom. The number of Topliss-reactive ketones (excluding diaryl/α,β-unsaturated/α-hetero) is 1. The number of fused-ring (bicyclic) bond motifs is 5. The van der Waals surface area contributed by atoms with Crippen LogP contribution in [0.4, 0.5) is 0 Å². The number of ether oxygens (including phenoxy) is 1. The number of carbonyl (C=O) groups is 2. The van der Waals surface area contributed by atoms with E-state index in [9.17, 15) is 14.7 Å². The maximum atomic E-state index is 12.8. The van der Waals surface area contributed by atoms with Crippen LogP contribution in [0.25, 0.3) is 0 Å². The van der Waals surface area contributed by atoms with Crippen LogP contribution in [0.2, 0.25) is 0 Å². The summed E-state index contributed by atoms with van der Waals surface area (Å²) in [4.78, 5) is 24.7. The third-order valence-electron chi connectivity index (χ3n) is 8.69. The summed E-state index contributed by atoms with van der Waals surface area (Å²) in [6.45, 7) is 7.40. The lowest BCUT2D eigenvalue weighted by Crippen LogP contribution is -2.58. The lowest BCUT2D eigenvalue weighted by molar-refractivity contribution is -0.185. The molecular weight excluding hydrogens is 376 g/mol. The molecule has 7 atom stereocenters. The van der Waals surface area contributed by atoms with Crippen molar-refractivity contribution in [2.75, 3.05) is 0 Å². The van der Waals surface area contributed by atoms with Crippen molar-refractivity contribution < 1.29 is 19.4 Å². The molecule has 4 aliphatic carbocycles. The van der Waals surface area contributed by atoms with Gasteiger partial charge in [0.1, 0.15) is 0 Å². The van der Waals surface area contributed by atoms with Gasteiger partial charge in [0.05, 0.1) is 6.10 Å². The summed E-state index contributed by atoms with van der Waals surface area (Å²) in [5.41, 5.74) is -0.340. The van der Waals surface area contributed by atoms with Gasteiger partial charge in [0.15, 0.2) is 11.4 Å². The van der Waals surface area contributed by atoms with Gasteiger partial charge < -0.3 is 9.84 Å². The lowest BCUT2D eigenvalue weighted by atomic mass is 9.48. The number of allylic oxidation sites excluding steroid dienone is 3. The zero-order valence-electron chi connectivity index (χ0n) is 17.3. The first kappa shape index (κ1) is 20.2. The van der Waals surface area contributed by atoms with Gasteiger partial charge >= 0.3 is 5.97 Å². The SMILES string of the molecule is CC(=O)O[C@]1(C(C)=O)CC[C@@H]2[C@@H]3C=C(Cl)C4=C[C@@H](O)CC[C@]4(C)[C@H]3CC[C@@]21C. The number of carbonyl (C=O) groups excluding carboxylic acids is 2. The Morgan fingerprint density at radius 1 is 1.07 bits per heavy atom. The summed E-state index contributed by atoms with van der Waals surface area (Å²) in [6, 6.07) is 0. The first-order chi connectivity index (χ1) is 13.0. The Morgan fingerprint density at radius 3 is 2.39 bits per heavy atom. The smallest absolute Gasteiger partial charge is 0.303 e. The predicted octanol–water partition coefficient (Wildman–Crippen LogP) is 4.54. The van der Waals surface area contributed by atoms with Crippen LogP contribution in [0, 0.1) is 28.6 Å². The van der Waals surface area contributed by atoms with E-state index in [1.54, 1.807) is 6.92 Å². The van der Waals surface area contributed by atoms with E-state index in [1.165, 1.54) is 6.92 Å². The van der Waals surface area contributed by atoms with Gasteiger partial charge in [0.2, 0.25) is 0 Å². The molecule has 0 aromatic carbocycles. The van der Waals surface area contributed by atoms with E-state index in [0.29, 0.717) is 12.3 Å². The van der Waals surface area contributed by atoms with Crippen LogP contribution in [-0.2, 0) is 14.3 Å². The molecule has 0 aromatic heterocycles. The molecule has 0 amide bonds. The fourth-order valence-corrected chi connectivity index (χ4v) is 7.70. The van der Waals surface area contributed by atoms with Crippen molar-refractivity contribution in [3.05, 3.63) is 22.8 Å². The molecule has 2 saturated carbocycles. The molecule has 0 bridgehead atoms. The van der Waals surface area contributed by atoms with Gasteiger partial charge in [-0.15, -0.1) is 0 Å². The van der Waals surface area contributed by atoms with E-state index >= 15 is 0 Å². The van der Waals surface area contributed by atoms with E-state index in [4.69, 9.17) is 16.3 Å². The normalized spacial score (nSPS) is 47.2. The Bertz CT molecular complexity index is 785. The molecule has 2 fully saturated rings. The third kappa shape index (κ3) is 2.53. The van der Waals surface area contributed by atoms with Crippen molar-refractivity contribution in [1.29, 1.82) is 0 Å². The van der Waals surface area contributed by atoms with E-state index in [2.05, 4.69) is 19.9 Å². The second-order valence-corrected chi connectivity index (χ2v) is 10.3. The standard InChI is InChI=1S/C23H31ClO4/c1-13(25)23(28-14(2)26)10-7-18-16-12-20(24)19-11-15(27)5-8-21(19,3)17(16)6-9-22(18,23)4/h11-12,15-18,27H,5-10H2,1-4H3/t15-,16+,17-,18+,21+,22-,23-/m0/s1. The molecule has 0 radical (unpaired) electrons. The van der Waals surface area contributed by atoms with E-state index in [0.717, 1.165) is 42.7 Å². The summed E-state index contributed by atoms with van der Waals surface area (Å²) >= 11 is 6.75. The van der Waals surface area contributed by atoms with Crippen molar-refractivity contribution in [2.45, 2.75) is 77.9 Å². The minimum absolute atomic E-state index is 0.0374.